The monoisotopic (exact) mass is 561 g/mol. The van der Waals surface area contributed by atoms with Crippen molar-refractivity contribution in [3.63, 3.8) is 0 Å². The van der Waals surface area contributed by atoms with Crippen LogP contribution in [0.2, 0.25) is 0 Å². The molecule has 2 atom stereocenters. The Morgan fingerprint density at radius 3 is 2.28 bits per heavy atom. The number of carbonyl (C=O) groups excluding carboxylic acids is 3. The molecule has 220 valence electrons. The van der Waals surface area contributed by atoms with Gasteiger partial charge >= 0.3 is 6.09 Å². The molecule has 2 N–H and O–H groups in total. The molecule has 0 aliphatic carbocycles. The molecule has 3 amide bonds. The lowest BCUT2D eigenvalue weighted by Gasteiger charge is -2.34. The lowest BCUT2D eigenvalue weighted by atomic mass is 9.99. The summed E-state index contributed by atoms with van der Waals surface area (Å²) in [7, 11) is 0. The third-order valence-corrected chi connectivity index (χ3v) is 6.67. The number of rotatable bonds is 18. The van der Waals surface area contributed by atoms with E-state index in [0.29, 0.717) is 18.7 Å². The van der Waals surface area contributed by atoms with Crippen molar-refractivity contribution in [2.45, 2.75) is 110 Å². The number of hydrogen-bond acceptors (Lipinski definition) is 5. The van der Waals surface area contributed by atoms with Gasteiger partial charge in [0.1, 0.15) is 17.7 Å². The van der Waals surface area contributed by atoms with Gasteiger partial charge in [-0.3, -0.25) is 9.59 Å². The van der Waals surface area contributed by atoms with Crippen LogP contribution in [0.3, 0.4) is 0 Å². The fourth-order valence-electron chi connectivity index (χ4n) is 4.28. The Kier molecular flexibility index (Phi) is 16.6. The van der Waals surface area contributed by atoms with Crippen molar-refractivity contribution in [1.82, 2.24) is 15.5 Å². The molecule has 0 radical (unpaired) electrons. The Bertz CT molecular complexity index is 900. The summed E-state index contributed by atoms with van der Waals surface area (Å²) in [5.41, 5.74) is 0.856. The highest BCUT2D eigenvalue weighted by atomic mass is 32.1. The van der Waals surface area contributed by atoms with Crippen molar-refractivity contribution in [3.8, 4) is 0 Å². The average Bonchev–Trinajstić information content (AvgIpc) is 2.89. The number of ether oxygens (including phenoxy) is 1. The van der Waals surface area contributed by atoms with Crippen LogP contribution in [0.15, 0.2) is 30.8 Å². The van der Waals surface area contributed by atoms with Gasteiger partial charge in [0.25, 0.3) is 0 Å². The number of alkyl carbamates (subject to hydrolysis) is 1. The van der Waals surface area contributed by atoms with Gasteiger partial charge < -0.3 is 20.3 Å². The molecule has 7 nitrogen and oxygen atoms in total. The fourth-order valence-corrected chi connectivity index (χ4v) is 4.52. The van der Waals surface area contributed by atoms with Crippen LogP contribution in [0.4, 0.5) is 4.79 Å². The maximum absolute atomic E-state index is 14.0. The van der Waals surface area contributed by atoms with Crippen LogP contribution in [0.1, 0.15) is 110 Å². The van der Waals surface area contributed by atoms with E-state index in [2.05, 4.69) is 43.7 Å². The zero-order valence-electron chi connectivity index (χ0n) is 24.8. The first kappa shape index (κ1) is 34.5. The molecule has 0 aromatic heterocycles. The third kappa shape index (κ3) is 13.4. The standard InChI is InChI=1S/C31H51N3O4S/c1-7-10-12-13-14-16-21-34(29(36)26(23-39)33-30(37)38-31(4,5)6)27(28(35)32-20-15-11-8-2)25-19-17-18-24(9-3)22-25/h9,17-19,22,26-27,39H,3,7-8,10-16,20-21,23H2,1-2,4-6H3,(H,32,35)(H,33,37). The Balaban J connectivity index is 3.34. The zero-order chi connectivity index (χ0) is 29.3. The van der Waals surface area contributed by atoms with Crippen LogP contribution >= 0.6 is 12.6 Å². The highest BCUT2D eigenvalue weighted by Gasteiger charge is 2.35. The topological polar surface area (TPSA) is 87.7 Å². The van der Waals surface area contributed by atoms with E-state index in [1.807, 2.05) is 24.3 Å². The SMILES string of the molecule is C=Cc1cccc(C(C(=O)NCCCCC)N(CCCCCCCC)C(=O)C(CS)NC(=O)OC(C)(C)C)c1. The number of amides is 3. The van der Waals surface area contributed by atoms with Gasteiger partial charge in [0.2, 0.25) is 11.8 Å². The normalized spacial score (nSPS) is 12.8. The van der Waals surface area contributed by atoms with Crippen molar-refractivity contribution in [3.05, 3.63) is 42.0 Å². The molecule has 8 heteroatoms. The van der Waals surface area contributed by atoms with Crippen LogP contribution in [-0.4, -0.2) is 53.3 Å². The first-order valence-corrected chi connectivity index (χ1v) is 15.1. The Hall–Kier alpha value is -2.48. The minimum atomic E-state index is -0.943. The van der Waals surface area contributed by atoms with Crippen LogP contribution in [0.5, 0.6) is 0 Å². The lowest BCUT2D eigenvalue weighted by molar-refractivity contribution is -0.142. The molecule has 0 saturated heterocycles. The van der Waals surface area contributed by atoms with Crippen molar-refractivity contribution in [1.29, 1.82) is 0 Å². The summed E-state index contributed by atoms with van der Waals surface area (Å²) in [5.74, 6) is -0.522. The highest BCUT2D eigenvalue weighted by molar-refractivity contribution is 7.80. The van der Waals surface area contributed by atoms with Crippen molar-refractivity contribution in [2.75, 3.05) is 18.8 Å². The summed E-state index contributed by atoms with van der Waals surface area (Å²) < 4.78 is 5.39. The second kappa shape index (κ2) is 18.7. The molecular formula is C31H51N3O4S. The fraction of sp³-hybridized carbons (Fsp3) is 0.645. The van der Waals surface area contributed by atoms with E-state index in [0.717, 1.165) is 56.9 Å². The molecule has 1 aromatic carbocycles. The van der Waals surface area contributed by atoms with E-state index in [1.165, 1.54) is 6.42 Å². The van der Waals surface area contributed by atoms with Crippen LogP contribution in [0.25, 0.3) is 6.08 Å². The molecule has 1 aromatic rings. The summed E-state index contributed by atoms with van der Waals surface area (Å²) in [6.45, 7) is 14.4. The second-order valence-electron chi connectivity index (χ2n) is 11.0. The smallest absolute Gasteiger partial charge is 0.408 e. The number of thiol groups is 1. The lowest BCUT2D eigenvalue weighted by Crippen LogP contribution is -2.54. The summed E-state index contributed by atoms with van der Waals surface area (Å²) in [5, 5.41) is 5.72. The predicted molar refractivity (Wildman–Crippen MR) is 164 cm³/mol. The first-order chi connectivity index (χ1) is 18.6. The maximum atomic E-state index is 14.0. The third-order valence-electron chi connectivity index (χ3n) is 6.31. The summed E-state index contributed by atoms with van der Waals surface area (Å²) >= 11 is 4.37. The number of nitrogens with one attached hydrogen (secondary N) is 2. The molecule has 0 spiro atoms. The molecule has 0 aliphatic rings. The van der Waals surface area contributed by atoms with Crippen molar-refractivity contribution < 1.29 is 19.1 Å². The van der Waals surface area contributed by atoms with Gasteiger partial charge in [-0.1, -0.05) is 89.6 Å². The molecule has 1 rings (SSSR count). The Labute approximate surface area is 241 Å². The molecule has 0 bridgehead atoms. The summed E-state index contributed by atoms with van der Waals surface area (Å²) in [6, 6.07) is 5.74. The van der Waals surface area contributed by atoms with E-state index in [9.17, 15) is 14.4 Å². The Morgan fingerprint density at radius 1 is 1.03 bits per heavy atom. The molecule has 39 heavy (non-hydrogen) atoms. The Morgan fingerprint density at radius 2 is 1.67 bits per heavy atom. The van der Waals surface area contributed by atoms with Crippen molar-refractivity contribution >= 4 is 36.6 Å². The van der Waals surface area contributed by atoms with Gasteiger partial charge in [0.15, 0.2) is 0 Å². The van der Waals surface area contributed by atoms with Gasteiger partial charge in [-0.15, -0.1) is 0 Å². The van der Waals surface area contributed by atoms with Gasteiger partial charge in [0, 0.05) is 18.8 Å². The number of nitrogens with zero attached hydrogens (tertiary/aromatic N) is 1. The molecule has 0 fully saturated rings. The molecule has 0 aliphatic heterocycles. The average molecular weight is 562 g/mol. The van der Waals surface area contributed by atoms with Gasteiger partial charge in [-0.2, -0.15) is 12.6 Å². The molecule has 2 unspecified atom stereocenters. The minimum absolute atomic E-state index is 0.0720. The van der Waals surface area contributed by atoms with E-state index in [4.69, 9.17) is 4.74 Å². The highest BCUT2D eigenvalue weighted by Crippen LogP contribution is 2.25. The number of carbonyl (C=O) groups is 3. The van der Waals surface area contributed by atoms with Crippen molar-refractivity contribution in [2.24, 2.45) is 0 Å². The van der Waals surface area contributed by atoms with E-state index in [-0.39, 0.29) is 17.6 Å². The first-order valence-electron chi connectivity index (χ1n) is 14.5. The summed E-state index contributed by atoms with van der Waals surface area (Å²) in [6.07, 6.45) is 10.2. The predicted octanol–water partition coefficient (Wildman–Crippen LogP) is 6.69. The zero-order valence-corrected chi connectivity index (χ0v) is 25.7. The van der Waals surface area contributed by atoms with Crippen LogP contribution in [0, 0.1) is 0 Å². The molecule has 0 heterocycles. The van der Waals surface area contributed by atoms with Crippen LogP contribution < -0.4 is 10.6 Å². The van der Waals surface area contributed by atoms with Gasteiger partial charge in [-0.25, -0.2) is 4.79 Å². The van der Waals surface area contributed by atoms with Crippen LogP contribution in [-0.2, 0) is 14.3 Å². The number of benzene rings is 1. The number of hydrogen-bond donors (Lipinski definition) is 3. The molecular weight excluding hydrogens is 510 g/mol. The molecule has 0 saturated carbocycles. The quantitative estimate of drug-likeness (QED) is 0.138. The largest absolute Gasteiger partial charge is 0.444 e. The van der Waals surface area contributed by atoms with E-state index >= 15 is 0 Å². The van der Waals surface area contributed by atoms with Gasteiger partial charge in [0.05, 0.1) is 0 Å². The second-order valence-corrected chi connectivity index (χ2v) is 11.3. The summed E-state index contributed by atoms with van der Waals surface area (Å²) in [4.78, 5) is 41.8. The van der Waals surface area contributed by atoms with E-state index in [1.54, 1.807) is 31.7 Å². The number of unbranched alkanes of at least 4 members (excludes halogenated alkanes) is 7. The van der Waals surface area contributed by atoms with Gasteiger partial charge in [-0.05, 0) is 50.8 Å². The maximum Gasteiger partial charge on any atom is 0.408 e. The minimum Gasteiger partial charge on any atom is -0.444 e. The van der Waals surface area contributed by atoms with E-state index < -0.39 is 23.8 Å².